The number of fused-ring (bicyclic) bond motifs is 1. The largest absolute Gasteiger partial charge is 0.491 e. The molecule has 2 aromatic rings. The second-order valence-corrected chi connectivity index (χ2v) is 7.20. The van der Waals surface area contributed by atoms with Crippen LogP contribution in [0.25, 0.3) is 10.9 Å². The lowest BCUT2D eigenvalue weighted by molar-refractivity contribution is 0.0368. The van der Waals surface area contributed by atoms with E-state index in [2.05, 4.69) is 34.1 Å². The predicted octanol–water partition coefficient (Wildman–Crippen LogP) is 3.33. The summed E-state index contributed by atoms with van der Waals surface area (Å²) in [5, 5.41) is 1.15. The third kappa shape index (κ3) is 4.27. The van der Waals surface area contributed by atoms with E-state index in [1.54, 1.807) is 0 Å². The molecule has 0 aliphatic carbocycles. The van der Waals surface area contributed by atoms with Crippen LogP contribution in [-0.2, 0) is 4.74 Å². The van der Waals surface area contributed by atoms with E-state index >= 15 is 0 Å². The standard InChI is InChI=1S/C21H29N3O2/c1-2-12-24(11-1)20-9-8-18-6-5-7-19(21(18)22-20)26-15-4-3-10-23-13-16-25-17-14-23/h5-9H,1-4,10-17H2. The Hall–Kier alpha value is -1.85. The van der Waals surface area contributed by atoms with E-state index in [0.717, 1.165) is 87.9 Å². The lowest BCUT2D eigenvalue weighted by Gasteiger charge is -2.26. The summed E-state index contributed by atoms with van der Waals surface area (Å²) in [4.78, 5) is 9.76. The Kier molecular flexibility index (Phi) is 5.87. The highest BCUT2D eigenvalue weighted by Gasteiger charge is 2.15. The van der Waals surface area contributed by atoms with Crippen LogP contribution in [0.1, 0.15) is 25.7 Å². The molecule has 0 radical (unpaired) electrons. The predicted molar refractivity (Wildman–Crippen MR) is 105 cm³/mol. The van der Waals surface area contributed by atoms with Crippen molar-refractivity contribution < 1.29 is 9.47 Å². The molecule has 0 bridgehead atoms. The first-order valence-corrected chi connectivity index (χ1v) is 9.98. The molecule has 0 atom stereocenters. The van der Waals surface area contributed by atoms with Crippen LogP contribution in [0.4, 0.5) is 5.82 Å². The van der Waals surface area contributed by atoms with E-state index in [4.69, 9.17) is 14.5 Å². The minimum atomic E-state index is 0.749. The van der Waals surface area contributed by atoms with Crippen molar-refractivity contribution in [3.05, 3.63) is 30.3 Å². The van der Waals surface area contributed by atoms with E-state index in [1.165, 1.54) is 12.8 Å². The van der Waals surface area contributed by atoms with Crippen molar-refractivity contribution in [2.24, 2.45) is 0 Å². The molecule has 5 nitrogen and oxygen atoms in total. The Morgan fingerprint density at radius 2 is 1.81 bits per heavy atom. The Morgan fingerprint density at radius 1 is 0.962 bits per heavy atom. The fraction of sp³-hybridized carbons (Fsp3) is 0.571. The van der Waals surface area contributed by atoms with Gasteiger partial charge in [0.05, 0.1) is 19.8 Å². The maximum atomic E-state index is 6.10. The number of benzene rings is 1. The number of unbranched alkanes of at least 4 members (excludes halogenated alkanes) is 1. The van der Waals surface area contributed by atoms with Gasteiger partial charge in [0.25, 0.3) is 0 Å². The molecule has 1 aromatic heterocycles. The van der Waals surface area contributed by atoms with Gasteiger partial charge in [-0.1, -0.05) is 12.1 Å². The van der Waals surface area contributed by atoms with Gasteiger partial charge in [-0.25, -0.2) is 4.98 Å². The van der Waals surface area contributed by atoms with Crippen LogP contribution < -0.4 is 9.64 Å². The molecule has 2 aliphatic rings. The van der Waals surface area contributed by atoms with Crippen molar-refractivity contribution in [1.29, 1.82) is 0 Å². The molecular formula is C21H29N3O2. The molecule has 26 heavy (non-hydrogen) atoms. The van der Waals surface area contributed by atoms with Gasteiger partial charge in [-0.15, -0.1) is 0 Å². The molecule has 3 heterocycles. The van der Waals surface area contributed by atoms with E-state index in [0.29, 0.717) is 0 Å². The molecule has 2 aliphatic heterocycles. The number of nitrogens with zero attached hydrogens (tertiary/aromatic N) is 3. The van der Waals surface area contributed by atoms with Crippen molar-refractivity contribution in [1.82, 2.24) is 9.88 Å². The van der Waals surface area contributed by atoms with Gasteiger partial charge < -0.3 is 14.4 Å². The molecule has 4 rings (SSSR count). The number of rotatable bonds is 7. The highest BCUT2D eigenvalue weighted by atomic mass is 16.5. The SMILES string of the molecule is c1cc(OCCCCN2CCOCC2)c2nc(N3CCCC3)ccc2c1. The van der Waals surface area contributed by atoms with E-state index in [1.807, 2.05) is 6.07 Å². The van der Waals surface area contributed by atoms with Crippen LogP contribution in [0.3, 0.4) is 0 Å². The van der Waals surface area contributed by atoms with Gasteiger partial charge in [0.1, 0.15) is 17.1 Å². The molecule has 1 aromatic carbocycles. The van der Waals surface area contributed by atoms with Crippen LogP contribution in [0.2, 0.25) is 0 Å². The summed E-state index contributed by atoms with van der Waals surface area (Å²) in [6.45, 7) is 7.99. The minimum absolute atomic E-state index is 0.749. The van der Waals surface area contributed by atoms with Gasteiger partial charge in [-0.05, 0) is 50.4 Å². The average Bonchev–Trinajstić information content (AvgIpc) is 3.23. The summed E-state index contributed by atoms with van der Waals surface area (Å²) in [5.41, 5.74) is 0.991. The Morgan fingerprint density at radius 3 is 2.65 bits per heavy atom. The molecule has 0 unspecified atom stereocenters. The lowest BCUT2D eigenvalue weighted by atomic mass is 10.2. The average molecular weight is 355 g/mol. The second-order valence-electron chi connectivity index (χ2n) is 7.20. The van der Waals surface area contributed by atoms with Gasteiger partial charge >= 0.3 is 0 Å². The monoisotopic (exact) mass is 355 g/mol. The highest BCUT2D eigenvalue weighted by Crippen LogP contribution is 2.28. The van der Waals surface area contributed by atoms with Crippen LogP contribution in [0.5, 0.6) is 5.75 Å². The number of morpholine rings is 1. The number of hydrogen-bond acceptors (Lipinski definition) is 5. The molecule has 140 valence electrons. The first kappa shape index (κ1) is 17.6. The molecule has 2 fully saturated rings. The van der Waals surface area contributed by atoms with Gasteiger partial charge in [0, 0.05) is 31.6 Å². The summed E-state index contributed by atoms with van der Waals surface area (Å²) >= 11 is 0. The fourth-order valence-corrected chi connectivity index (χ4v) is 3.79. The molecule has 0 saturated carbocycles. The Labute approximate surface area is 155 Å². The fourth-order valence-electron chi connectivity index (χ4n) is 3.79. The van der Waals surface area contributed by atoms with Gasteiger partial charge in [0.2, 0.25) is 0 Å². The zero-order valence-electron chi connectivity index (χ0n) is 15.5. The molecule has 2 saturated heterocycles. The first-order chi connectivity index (χ1) is 12.9. The van der Waals surface area contributed by atoms with E-state index in [-0.39, 0.29) is 0 Å². The van der Waals surface area contributed by atoms with Gasteiger partial charge in [-0.3, -0.25) is 4.90 Å². The molecule has 0 amide bonds. The van der Waals surface area contributed by atoms with Crippen molar-refractivity contribution >= 4 is 16.7 Å². The molecule has 0 N–H and O–H groups in total. The van der Waals surface area contributed by atoms with Gasteiger partial charge in [-0.2, -0.15) is 0 Å². The summed E-state index contributed by atoms with van der Waals surface area (Å²) in [5.74, 6) is 1.99. The number of ether oxygens (including phenoxy) is 2. The zero-order valence-corrected chi connectivity index (χ0v) is 15.5. The van der Waals surface area contributed by atoms with Crippen LogP contribution >= 0.6 is 0 Å². The maximum Gasteiger partial charge on any atom is 0.145 e. The van der Waals surface area contributed by atoms with Gasteiger partial charge in [0.15, 0.2) is 0 Å². The zero-order chi connectivity index (χ0) is 17.6. The third-order valence-corrected chi connectivity index (χ3v) is 5.33. The quantitative estimate of drug-likeness (QED) is 0.712. The molecule has 5 heteroatoms. The van der Waals surface area contributed by atoms with Crippen LogP contribution in [-0.4, -0.2) is 62.4 Å². The van der Waals surface area contributed by atoms with E-state index in [9.17, 15) is 0 Å². The summed E-state index contributed by atoms with van der Waals surface area (Å²) in [7, 11) is 0. The maximum absolute atomic E-state index is 6.10. The minimum Gasteiger partial charge on any atom is -0.491 e. The highest BCUT2D eigenvalue weighted by molar-refractivity contribution is 5.86. The summed E-state index contributed by atoms with van der Waals surface area (Å²) < 4.78 is 11.5. The molecule has 0 spiro atoms. The Bertz CT molecular complexity index is 709. The summed E-state index contributed by atoms with van der Waals surface area (Å²) in [6, 6.07) is 10.5. The van der Waals surface area contributed by atoms with Crippen molar-refractivity contribution in [3.63, 3.8) is 0 Å². The normalized spacial score (nSPS) is 18.5. The number of hydrogen-bond donors (Lipinski definition) is 0. The number of para-hydroxylation sites is 1. The Balaban J connectivity index is 1.34. The number of aromatic nitrogens is 1. The summed E-state index contributed by atoms with van der Waals surface area (Å²) in [6.07, 6.45) is 4.76. The van der Waals surface area contributed by atoms with Crippen LogP contribution in [0, 0.1) is 0 Å². The topological polar surface area (TPSA) is 37.8 Å². The number of pyridine rings is 1. The third-order valence-electron chi connectivity index (χ3n) is 5.33. The lowest BCUT2D eigenvalue weighted by Crippen LogP contribution is -2.36. The smallest absolute Gasteiger partial charge is 0.145 e. The van der Waals surface area contributed by atoms with Crippen LogP contribution in [0.15, 0.2) is 30.3 Å². The second kappa shape index (κ2) is 8.69. The molecular weight excluding hydrogens is 326 g/mol. The van der Waals surface area contributed by atoms with E-state index < -0.39 is 0 Å². The van der Waals surface area contributed by atoms with Crippen molar-refractivity contribution in [2.75, 3.05) is 57.4 Å². The van der Waals surface area contributed by atoms with Crippen molar-refractivity contribution in [3.8, 4) is 5.75 Å². The first-order valence-electron chi connectivity index (χ1n) is 9.98. The van der Waals surface area contributed by atoms with Crippen molar-refractivity contribution in [2.45, 2.75) is 25.7 Å². The number of anilines is 1.